The molecule has 0 spiro atoms. The molecule has 0 radical (unpaired) electrons. The summed E-state index contributed by atoms with van der Waals surface area (Å²) in [7, 11) is 1.58. The van der Waals surface area contributed by atoms with Gasteiger partial charge in [-0.15, -0.1) is 0 Å². The van der Waals surface area contributed by atoms with Gasteiger partial charge in [-0.1, -0.05) is 19.3 Å². The number of pyridine rings is 1. The van der Waals surface area contributed by atoms with Gasteiger partial charge in [0.15, 0.2) is 0 Å². The second-order valence-electron chi connectivity index (χ2n) is 8.36. The Morgan fingerprint density at radius 1 is 1.29 bits per heavy atom. The van der Waals surface area contributed by atoms with Crippen molar-refractivity contribution < 1.29 is 14.3 Å². The van der Waals surface area contributed by atoms with E-state index in [1.807, 2.05) is 11.0 Å². The van der Waals surface area contributed by atoms with E-state index in [-0.39, 0.29) is 23.8 Å². The van der Waals surface area contributed by atoms with Crippen molar-refractivity contribution in [3.05, 3.63) is 22.9 Å². The molecular formula is C21H30N4O3. The summed E-state index contributed by atoms with van der Waals surface area (Å²) in [5.74, 6) is 0.539. The monoisotopic (exact) mass is 386 g/mol. The van der Waals surface area contributed by atoms with Gasteiger partial charge in [-0.2, -0.15) is 0 Å². The summed E-state index contributed by atoms with van der Waals surface area (Å²) in [6, 6.07) is 2.29. The first kappa shape index (κ1) is 19.2. The Labute approximate surface area is 166 Å². The number of rotatable bonds is 5. The number of ether oxygens (including phenoxy) is 1. The van der Waals surface area contributed by atoms with Crippen LogP contribution in [0.1, 0.15) is 73.0 Å². The Morgan fingerprint density at radius 2 is 2.07 bits per heavy atom. The zero-order chi connectivity index (χ0) is 19.7. The maximum atomic E-state index is 12.9. The first-order valence-electron chi connectivity index (χ1n) is 10.5. The van der Waals surface area contributed by atoms with Gasteiger partial charge in [0.1, 0.15) is 0 Å². The van der Waals surface area contributed by atoms with Crippen LogP contribution in [0.2, 0.25) is 0 Å². The van der Waals surface area contributed by atoms with Gasteiger partial charge < -0.3 is 20.7 Å². The molecule has 4 rings (SSSR count). The summed E-state index contributed by atoms with van der Waals surface area (Å²) in [4.78, 5) is 32.0. The van der Waals surface area contributed by atoms with E-state index in [1.165, 1.54) is 12.8 Å². The first-order valence-corrected chi connectivity index (χ1v) is 10.5. The van der Waals surface area contributed by atoms with E-state index >= 15 is 0 Å². The van der Waals surface area contributed by atoms with Crippen molar-refractivity contribution in [2.75, 3.05) is 7.11 Å². The van der Waals surface area contributed by atoms with Crippen molar-refractivity contribution in [3.63, 3.8) is 0 Å². The van der Waals surface area contributed by atoms with Crippen molar-refractivity contribution in [1.82, 2.24) is 15.2 Å². The average molecular weight is 386 g/mol. The van der Waals surface area contributed by atoms with E-state index in [0.29, 0.717) is 30.6 Å². The van der Waals surface area contributed by atoms with Gasteiger partial charge >= 0.3 is 0 Å². The lowest BCUT2D eigenvalue weighted by molar-refractivity contribution is -0.126. The molecule has 0 saturated heterocycles. The Bertz CT molecular complexity index is 760. The summed E-state index contributed by atoms with van der Waals surface area (Å²) in [6.07, 6.45) is 8.12. The Hall–Kier alpha value is -2.15. The molecular weight excluding hydrogens is 356 g/mol. The van der Waals surface area contributed by atoms with Crippen molar-refractivity contribution in [2.45, 2.75) is 76.5 Å². The van der Waals surface area contributed by atoms with Gasteiger partial charge in [0.2, 0.25) is 11.8 Å². The zero-order valence-corrected chi connectivity index (χ0v) is 16.6. The molecule has 2 amide bonds. The normalized spacial score (nSPS) is 25.1. The van der Waals surface area contributed by atoms with Crippen LogP contribution in [0.5, 0.6) is 5.88 Å². The number of hydrogen-bond acceptors (Lipinski definition) is 5. The van der Waals surface area contributed by atoms with Gasteiger partial charge in [-0.05, 0) is 38.2 Å². The maximum Gasteiger partial charge on any atom is 0.256 e. The van der Waals surface area contributed by atoms with Gasteiger partial charge in [0, 0.05) is 30.1 Å². The third-order valence-corrected chi connectivity index (χ3v) is 6.45. The molecule has 1 aromatic rings. The predicted octanol–water partition coefficient (Wildman–Crippen LogP) is 2.12. The second-order valence-corrected chi connectivity index (χ2v) is 8.36. The summed E-state index contributed by atoms with van der Waals surface area (Å²) >= 11 is 0. The first-order chi connectivity index (χ1) is 13.6. The Kier molecular flexibility index (Phi) is 5.53. The van der Waals surface area contributed by atoms with Crippen LogP contribution in [-0.2, 0) is 17.9 Å². The van der Waals surface area contributed by atoms with Crippen molar-refractivity contribution >= 4 is 11.8 Å². The molecule has 3 aliphatic rings. The van der Waals surface area contributed by atoms with Crippen molar-refractivity contribution in [1.29, 1.82) is 0 Å². The molecule has 2 atom stereocenters. The molecule has 2 saturated carbocycles. The summed E-state index contributed by atoms with van der Waals surface area (Å²) in [5.41, 5.74) is 8.18. The van der Waals surface area contributed by atoms with Crippen LogP contribution in [0.25, 0.3) is 0 Å². The molecule has 0 aromatic carbocycles. The molecule has 28 heavy (non-hydrogen) atoms. The van der Waals surface area contributed by atoms with Crippen LogP contribution in [0.4, 0.5) is 0 Å². The van der Waals surface area contributed by atoms with Gasteiger partial charge in [-0.25, -0.2) is 4.98 Å². The lowest BCUT2D eigenvalue weighted by Gasteiger charge is -2.25. The van der Waals surface area contributed by atoms with Crippen molar-refractivity contribution in [2.24, 2.45) is 11.7 Å². The van der Waals surface area contributed by atoms with Crippen LogP contribution in [0.15, 0.2) is 6.07 Å². The fraction of sp³-hybridized carbons (Fsp3) is 0.667. The third kappa shape index (κ3) is 3.72. The fourth-order valence-corrected chi connectivity index (χ4v) is 4.87. The van der Waals surface area contributed by atoms with E-state index in [9.17, 15) is 9.59 Å². The highest BCUT2D eigenvalue weighted by molar-refractivity contribution is 5.98. The lowest BCUT2D eigenvalue weighted by atomic mass is 9.85. The highest BCUT2D eigenvalue weighted by atomic mass is 16.5. The molecule has 3 N–H and O–H groups in total. The zero-order valence-electron chi connectivity index (χ0n) is 16.6. The van der Waals surface area contributed by atoms with E-state index in [2.05, 4.69) is 10.3 Å². The second kappa shape index (κ2) is 8.07. The van der Waals surface area contributed by atoms with Gasteiger partial charge in [0.25, 0.3) is 5.91 Å². The predicted molar refractivity (Wildman–Crippen MR) is 105 cm³/mol. The molecule has 2 fully saturated rings. The molecule has 1 aliphatic heterocycles. The molecule has 0 unspecified atom stereocenters. The average Bonchev–Trinajstić information content (AvgIpc) is 3.33. The number of hydrogen-bond donors (Lipinski definition) is 2. The highest BCUT2D eigenvalue weighted by Crippen LogP contribution is 2.33. The van der Waals surface area contributed by atoms with E-state index < -0.39 is 0 Å². The summed E-state index contributed by atoms with van der Waals surface area (Å²) < 4.78 is 5.45. The minimum absolute atomic E-state index is 0.0246. The van der Waals surface area contributed by atoms with Crippen LogP contribution >= 0.6 is 0 Å². The number of carbonyl (C=O) groups is 2. The number of nitrogens with one attached hydrogen (secondary N) is 1. The minimum atomic E-state index is -0.0309. The number of nitrogens with two attached hydrogens (primary N) is 1. The molecule has 7 heteroatoms. The van der Waals surface area contributed by atoms with E-state index in [1.54, 1.807) is 7.11 Å². The number of carbonyl (C=O) groups excluding carboxylic acids is 2. The van der Waals surface area contributed by atoms with Crippen LogP contribution in [-0.4, -0.2) is 40.9 Å². The largest absolute Gasteiger partial charge is 0.481 e. The lowest BCUT2D eigenvalue weighted by Crippen LogP contribution is -2.37. The number of amides is 2. The van der Waals surface area contributed by atoms with E-state index in [0.717, 1.165) is 49.8 Å². The quantitative estimate of drug-likeness (QED) is 0.808. The summed E-state index contributed by atoms with van der Waals surface area (Å²) in [6.45, 7) is 0.868. The van der Waals surface area contributed by atoms with Crippen LogP contribution in [0.3, 0.4) is 0 Å². The number of methoxy groups -OCH3 is 1. The fourth-order valence-electron chi connectivity index (χ4n) is 4.87. The van der Waals surface area contributed by atoms with Crippen molar-refractivity contribution in [3.8, 4) is 5.88 Å². The van der Waals surface area contributed by atoms with E-state index in [4.69, 9.17) is 10.5 Å². The standard InChI is InChI=1S/C21H30N4O3/c1-28-20-14(11-23-19(26)13-5-4-6-15(22)9-13)10-17-18(24-20)12-25(21(17)27)16-7-2-3-8-16/h10,13,15-16H,2-9,11-12,22H2,1H3,(H,23,26)/t13-,15+/m0/s1. The molecule has 2 heterocycles. The third-order valence-electron chi connectivity index (χ3n) is 6.45. The SMILES string of the molecule is COc1nc2c(cc1CNC(=O)[C@H]1CCC[C@@H](N)C1)C(=O)N(C1CCCC1)C2. The molecule has 1 aromatic heterocycles. The minimum Gasteiger partial charge on any atom is -0.481 e. The number of nitrogens with zero attached hydrogens (tertiary/aromatic N) is 2. The number of aromatic nitrogens is 1. The number of fused-ring (bicyclic) bond motifs is 1. The molecule has 0 bridgehead atoms. The topological polar surface area (TPSA) is 97.5 Å². The van der Waals surface area contributed by atoms with Crippen LogP contribution in [0, 0.1) is 5.92 Å². The molecule has 2 aliphatic carbocycles. The molecule has 7 nitrogen and oxygen atoms in total. The maximum absolute atomic E-state index is 12.9. The Balaban J connectivity index is 1.46. The summed E-state index contributed by atoms with van der Waals surface area (Å²) in [5, 5.41) is 3.00. The molecule has 152 valence electrons. The van der Waals surface area contributed by atoms with Gasteiger partial charge in [-0.3, -0.25) is 9.59 Å². The van der Waals surface area contributed by atoms with Gasteiger partial charge in [0.05, 0.1) is 24.9 Å². The van der Waals surface area contributed by atoms with Crippen LogP contribution < -0.4 is 15.8 Å². The Morgan fingerprint density at radius 3 is 2.79 bits per heavy atom. The highest BCUT2D eigenvalue weighted by Gasteiger charge is 2.36. The smallest absolute Gasteiger partial charge is 0.256 e.